The van der Waals surface area contributed by atoms with Crippen molar-refractivity contribution in [3.05, 3.63) is 82.5 Å². The predicted octanol–water partition coefficient (Wildman–Crippen LogP) is 5.02. The molecule has 2 aromatic carbocycles. The van der Waals surface area contributed by atoms with E-state index in [-0.39, 0.29) is 24.1 Å². The Bertz CT molecular complexity index is 988. The second-order valence-electron chi connectivity index (χ2n) is 7.30. The summed E-state index contributed by atoms with van der Waals surface area (Å²) in [6, 6.07) is 17.4. The van der Waals surface area contributed by atoms with E-state index in [1.807, 2.05) is 24.3 Å². The Morgan fingerprint density at radius 2 is 1.90 bits per heavy atom. The van der Waals surface area contributed by atoms with Crippen LogP contribution in [0.15, 0.2) is 69.6 Å². The third kappa shape index (κ3) is 5.21. The minimum absolute atomic E-state index is 0.231. The maximum atomic E-state index is 13.1. The normalized spacial score (nSPS) is 15.9. The fourth-order valence-electron chi connectivity index (χ4n) is 3.47. The number of ether oxygens (including phenoxy) is 1. The van der Waals surface area contributed by atoms with Crippen LogP contribution in [0.3, 0.4) is 0 Å². The van der Waals surface area contributed by atoms with Crippen LogP contribution in [0.4, 0.5) is 10.1 Å². The summed E-state index contributed by atoms with van der Waals surface area (Å²) < 4.78 is 25.4. The lowest BCUT2D eigenvalue weighted by atomic mass is 10.1. The van der Waals surface area contributed by atoms with Crippen LogP contribution in [0.1, 0.15) is 22.7 Å². The number of anilines is 1. The quantitative estimate of drug-likeness (QED) is 0.524. The van der Waals surface area contributed by atoms with Gasteiger partial charge in [-0.3, -0.25) is 4.79 Å². The van der Waals surface area contributed by atoms with E-state index in [1.54, 1.807) is 24.3 Å². The largest absolute Gasteiger partial charge is 0.486 e. The molecule has 3 aromatic rings. The van der Waals surface area contributed by atoms with E-state index < -0.39 is 0 Å². The molecule has 0 aliphatic carbocycles. The van der Waals surface area contributed by atoms with Gasteiger partial charge in [0.15, 0.2) is 5.76 Å². The molecule has 1 aliphatic rings. The second kappa shape index (κ2) is 9.34. The molecule has 30 heavy (non-hydrogen) atoms. The van der Waals surface area contributed by atoms with Crippen molar-refractivity contribution >= 4 is 27.5 Å². The number of rotatable bonds is 7. The first-order chi connectivity index (χ1) is 14.6. The molecule has 0 bridgehead atoms. The van der Waals surface area contributed by atoms with E-state index in [0.29, 0.717) is 18.2 Å². The summed E-state index contributed by atoms with van der Waals surface area (Å²) in [6.07, 6.45) is 0.974. The molecule has 0 spiro atoms. The molecule has 0 radical (unpaired) electrons. The van der Waals surface area contributed by atoms with Gasteiger partial charge in [-0.1, -0.05) is 15.9 Å². The molecule has 0 saturated carbocycles. The lowest BCUT2D eigenvalue weighted by Gasteiger charge is -2.18. The Morgan fingerprint density at radius 3 is 2.67 bits per heavy atom. The number of nitrogens with zero attached hydrogens (tertiary/aromatic N) is 1. The Morgan fingerprint density at radius 1 is 1.13 bits per heavy atom. The average Bonchev–Trinajstić information content (AvgIpc) is 3.42. The molecule has 7 heteroatoms. The molecule has 1 unspecified atom stereocenters. The zero-order chi connectivity index (χ0) is 20.9. The Kier molecular flexibility index (Phi) is 6.38. The monoisotopic (exact) mass is 472 g/mol. The summed E-state index contributed by atoms with van der Waals surface area (Å²) >= 11 is 3.38. The highest BCUT2D eigenvalue weighted by molar-refractivity contribution is 9.10. The first-order valence-corrected chi connectivity index (χ1v) is 10.6. The molecular formula is C23H22BrFN2O3. The average molecular weight is 473 g/mol. The van der Waals surface area contributed by atoms with Crippen molar-refractivity contribution in [1.29, 1.82) is 0 Å². The summed E-state index contributed by atoms with van der Waals surface area (Å²) in [6.45, 7) is 2.55. The molecule has 4 rings (SSSR count). The van der Waals surface area contributed by atoms with Crippen LogP contribution >= 0.6 is 15.9 Å². The number of hydrogen-bond donors (Lipinski definition) is 1. The first-order valence-electron chi connectivity index (χ1n) is 9.82. The highest BCUT2D eigenvalue weighted by atomic mass is 79.9. The van der Waals surface area contributed by atoms with E-state index in [2.05, 4.69) is 26.1 Å². The van der Waals surface area contributed by atoms with Gasteiger partial charge in [0, 0.05) is 29.8 Å². The Hall–Kier alpha value is -2.80. The molecule has 2 heterocycles. The third-order valence-corrected chi connectivity index (χ3v) is 5.64. The molecule has 1 aliphatic heterocycles. The molecule has 5 nitrogen and oxygen atoms in total. The van der Waals surface area contributed by atoms with E-state index in [4.69, 9.17) is 9.15 Å². The Labute approximate surface area is 183 Å². The van der Waals surface area contributed by atoms with E-state index >= 15 is 0 Å². The van der Waals surface area contributed by atoms with Crippen molar-refractivity contribution < 1.29 is 18.3 Å². The van der Waals surface area contributed by atoms with Gasteiger partial charge in [0.2, 0.25) is 0 Å². The van der Waals surface area contributed by atoms with Gasteiger partial charge in [-0.25, -0.2) is 4.39 Å². The van der Waals surface area contributed by atoms with Crippen LogP contribution in [0.25, 0.3) is 0 Å². The van der Waals surface area contributed by atoms with Crippen molar-refractivity contribution in [3.63, 3.8) is 0 Å². The predicted molar refractivity (Wildman–Crippen MR) is 116 cm³/mol. The smallest absolute Gasteiger partial charge is 0.287 e. The molecule has 156 valence electrons. The number of amides is 1. The number of carbonyl (C=O) groups excluding carboxylic acids is 1. The molecule has 1 aromatic heterocycles. The van der Waals surface area contributed by atoms with E-state index in [1.165, 1.54) is 12.1 Å². The molecule has 1 N–H and O–H groups in total. The number of benzene rings is 2. The van der Waals surface area contributed by atoms with Gasteiger partial charge in [0.05, 0.1) is 0 Å². The summed E-state index contributed by atoms with van der Waals surface area (Å²) in [7, 11) is 0. The highest BCUT2D eigenvalue weighted by Gasteiger charge is 2.23. The summed E-state index contributed by atoms with van der Waals surface area (Å²) in [5, 5.41) is 2.95. The van der Waals surface area contributed by atoms with E-state index in [9.17, 15) is 9.18 Å². The van der Waals surface area contributed by atoms with Crippen LogP contribution in [-0.2, 0) is 6.61 Å². The van der Waals surface area contributed by atoms with Crippen molar-refractivity contribution in [2.45, 2.75) is 13.0 Å². The van der Waals surface area contributed by atoms with Crippen LogP contribution in [0.5, 0.6) is 5.75 Å². The van der Waals surface area contributed by atoms with E-state index in [0.717, 1.165) is 35.4 Å². The number of hydrogen-bond acceptors (Lipinski definition) is 4. The van der Waals surface area contributed by atoms with Gasteiger partial charge in [-0.15, -0.1) is 0 Å². The zero-order valence-electron chi connectivity index (χ0n) is 16.3. The van der Waals surface area contributed by atoms with Crippen molar-refractivity contribution in [2.75, 3.05) is 24.5 Å². The fraction of sp³-hybridized carbons (Fsp3) is 0.261. The zero-order valence-corrected chi connectivity index (χ0v) is 17.9. The molecule has 1 saturated heterocycles. The van der Waals surface area contributed by atoms with Gasteiger partial charge in [0.1, 0.15) is 23.9 Å². The summed E-state index contributed by atoms with van der Waals surface area (Å²) in [5.74, 6) is 1.47. The lowest BCUT2D eigenvalue weighted by Crippen LogP contribution is -2.30. The highest BCUT2D eigenvalue weighted by Crippen LogP contribution is 2.24. The van der Waals surface area contributed by atoms with Gasteiger partial charge >= 0.3 is 0 Å². The minimum Gasteiger partial charge on any atom is -0.486 e. The Balaban J connectivity index is 1.23. The van der Waals surface area contributed by atoms with Crippen molar-refractivity contribution in [3.8, 4) is 5.75 Å². The van der Waals surface area contributed by atoms with Gasteiger partial charge in [0.25, 0.3) is 5.91 Å². The van der Waals surface area contributed by atoms with Gasteiger partial charge in [-0.2, -0.15) is 0 Å². The van der Waals surface area contributed by atoms with Crippen LogP contribution < -0.4 is 15.0 Å². The van der Waals surface area contributed by atoms with Crippen LogP contribution in [0, 0.1) is 11.7 Å². The number of halogens is 2. The minimum atomic E-state index is -0.234. The topological polar surface area (TPSA) is 54.7 Å². The molecule has 1 amide bonds. The summed E-state index contributed by atoms with van der Waals surface area (Å²) in [4.78, 5) is 14.6. The van der Waals surface area contributed by atoms with Crippen molar-refractivity contribution in [1.82, 2.24) is 5.32 Å². The van der Waals surface area contributed by atoms with Crippen LogP contribution in [-0.4, -0.2) is 25.5 Å². The molecular weight excluding hydrogens is 451 g/mol. The molecule has 1 fully saturated rings. The second-order valence-corrected chi connectivity index (χ2v) is 8.21. The van der Waals surface area contributed by atoms with Gasteiger partial charge in [-0.05, 0) is 73.0 Å². The van der Waals surface area contributed by atoms with Crippen molar-refractivity contribution in [2.24, 2.45) is 5.92 Å². The first kappa shape index (κ1) is 20.5. The third-order valence-electron chi connectivity index (χ3n) is 5.11. The number of furan rings is 1. The maximum Gasteiger partial charge on any atom is 0.287 e. The summed E-state index contributed by atoms with van der Waals surface area (Å²) in [5.41, 5.74) is 1.01. The maximum absolute atomic E-state index is 13.1. The van der Waals surface area contributed by atoms with Crippen LogP contribution in [0.2, 0.25) is 0 Å². The number of carbonyl (C=O) groups is 1. The fourth-order valence-corrected chi connectivity index (χ4v) is 3.74. The molecule has 1 atom stereocenters. The number of nitrogens with one attached hydrogen (secondary N) is 1. The lowest BCUT2D eigenvalue weighted by molar-refractivity contribution is 0.0916. The SMILES string of the molecule is O=C(NCC1CCN(c2ccc(F)cc2)C1)c1ccc(COc2ccc(Br)cc2)o1. The standard InChI is InChI=1S/C23H22BrFN2O3/c24-17-1-7-20(8-2-17)29-15-21-9-10-22(30-21)23(28)26-13-16-11-12-27(14-16)19-5-3-18(25)4-6-19/h1-10,16H,11-15H2,(H,26,28). The van der Waals surface area contributed by atoms with Gasteiger partial charge < -0.3 is 19.4 Å².